The van der Waals surface area contributed by atoms with E-state index in [2.05, 4.69) is 0 Å². The second-order valence-electron chi connectivity index (χ2n) is 6.14. The van der Waals surface area contributed by atoms with Crippen LogP contribution in [0.4, 0.5) is 0 Å². The number of rotatable bonds is 6. The molecule has 3 aromatic rings. The molecule has 0 saturated heterocycles. The van der Waals surface area contributed by atoms with Crippen LogP contribution in [0.15, 0.2) is 72.8 Å². The van der Waals surface area contributed by atoms with Crippen LogP contribution in [0.2, 0.25) is 0 Å². The predicted molar refractivity (Wildman–Crippen MR) is 104 cm³/mol. The molecule has 0 heterocycles. The van der Waals surface area contributed by atoms with Gasteiger partial charge in [-0.05, 0) is 29.7 Å². The molecule has 0 aliphatic carbocycles. The number of hydrogen-bond acceptors (Lipinski definition) is 3. The molecule has 0 saturated carbocycles. The molecule has 0 spiro atoms. The van der Waals surface area contributed by atoms with E-state index in [4.69, 9.17) is 4.74 Å². The largest absolute Gasteiger partial charge is 0.507 e. The number of phenols is 1. The van der Waals surface area contributed by atoms with Crippen LogP contribution in [-0.4, -0.2) is 11.1 Å². The van der Waals surface area contributed by atoms with Crippen molar-refractivity contribution in [1.29, 1.82) is 0 Å². The molecule has 3 rings (SSSR count). The van der Waals surface area contributed by atoms with Gasteiger partial charge >= 0.3 is 5.97 Å². The summed E-state index contributed by atoms with van der Waals surface area (Å²) >= 11 is 0. The molecule has 0 atom stereocenters. The molecule has 0 fully saturated rings. The molecular weight excluding hydrogens is 324 g/mol. The van der Waals surface area contributed by atoms with Gasteiger partial charge in [0.1, 0.15) is 11.5 Å². The van der Waals surface area contributed by atoms with Gasteiger partial charge in [-0.15, -0.1) is 0 Å². The van der Waals surface area contributed by atoms with E-state index in [1.54, 1.807) is 12.1 Å². The molecule has 132 valence electrons. The highest BCUT2D eigenvalue weighted by Gasteiger charge is 2.19. The standard InChI is InChI=1S/C23H22O3/c1-2-3-14-21(25)26-20-16-15-19(24)22(17-10-6-4-7-11-17)23(20)18-12-8-5-9-13-18/h4-13,15-16,24H,2-3,14H2,1H3. The fourth-order valence-corrected chi connectivity index (χ4v) is 2.94. The average molecular weight is 346 g/mol. The fourth-order valence-electron chi connectivity index (χ4n) is 2.94. The highest BCUT2D eigenvalue weighted by molar-refractivity contribution is 5.92. The van der Waals surface area contributed by atoms with E-state index in [0.29, 0.717) is 17.7 Å². The molecule has 3 nitrogen and oxygen atoms in total. The van der Waals surface area contributed by atoms with E-state index >= 15 is 0 Å². The molecule has 0 aromatic heterocycles. The molecule has 3 heteroatoms. The Bertz CT molecular complexity index is 871. The van der Waals surface area contributed by atoms with Gasteiger partial charge in [0.15, 0.2) is 0 Å². The lowest BCUT2D eigenvalue weighted by atomic mass is 9.93. The smallest absolute Gasteiger partial charge is 0.311 e. The Morgan fingerprint density at radius 2 is 1.42 bits per heavy atom. The summed E-state index contributed by atoms with van der Waals surface area (Å²) in [6.45, 7) is 2.04. The summed E-state index contributed by atoms with van der Waals surface area (Å²) in [6.07, 6.45) is 2.11. The quantitative estimate of drug-likeness (QED) is 0.452. The summed E-state index contributed by atoms with van der Waals surface area (Å²) in [6, 6.07) is 22.6. The minimum absolute atomic E-state index is 0.156. The highest BCUT2D eigenvalue weighted by atomic mass is 16.5. The monoisotopic (exact) mass is 346 g/mol. The Morgan fingerprint density at radius 1 is 0.846 bits per heavy atom. The number of benzene rings is 3. The van der Waals surface area contributed by atoms with E-state index in [9.17, 15) is 9.90 Å². The minimum Gasteiger partial charge on any atom is -0.507 e. The van der Waals surface area contributed by atoms with Gasteiger partial charge < -0.3 is 9.84 Å². The molecule has 0 aliphatic heterocycles. The Hall–Kier alpha value is -3.07. The molecule has 0 radical (unpaired) electrons. The third-order valence-electron chi connectivity index (χ3n) is 4.23. The first-order chi connectivity index (χ1) is 12.7. The maximum atomic E-state index is 12.2. The van der Waals surface area contributed by atoms with Crippen molar-refractivity contribution in [1.82, 2.24) is 0 Å². The van der Waals surface area contributed by atoms with E-state index in [1.807, 2.05) is 67.6 Å². The number of aromatic hydroxyl groups is 1. The lowest BCUT2D eigenvalue weighted by Crippen LogP contribution is -2.08. The molecule has 0 aliphatic rings. The molecular formula is C23H22O3. The lowest BCUT2D eigenvalue weighted by molar-refractivity contribution is -0.134. The van der Waals surface area contributed by atoms with Crippen LogP contribution in [0.5, 0.6) is 11.5 Å². The number of unbranched alkanes of at least 4 members (excludes halogenated alkanes) is 1. The van der Waals surface area contributed by atoms with Crippen molar-refractivity contribution in [2.75, 3.05) is 0 Å². The third-order valence-corrected chi connectivity index (χ3v) is 4.23. The van der Waals surface area contributed by atoms with E-state index < -0.39 is 0 Å². The van der Waals surface area contributed by atoms with Gasteiger partial charge in [0, 0.05) is 17.5 Å². The third kappa shape index (κ3) is 3.94. The summed E-state index contributed by atoms with van der Waals surface area (Å²) in [5.41, 5.74) is 3.15. The zero-order valence-electron chi connectivity index (χ0n) is 14.8. The van der Waals surface area contributed by atoms with Crippen molar-refractivity contribution < 1.29 is 14.6 Å². The molecule has 3 aromatic carbocycles. The summed E-state index contributed by atoms with van der Waals surface area (Å²) in [5.74, 6) is 0.367. The van der Waals surface area contributed by atoms with E-state index in [-0.39, 0.29) is 11.7 Å². The van der Waals surface area contributed by atoms with Gasteiger partial charge in [-0.25, -0.2) is 0 Å². The van der Waals surface area contributed by atoms with Crippen LogP contribution >= 0.6 is 0 Å². The number of hydrogen-bond donors (Lipinski definition) is 1. The number of carbonyl (C=O) groups excluding carboxylic acids is 1. The topological polar surface area (TPSA) is 46.5 Å². The van der Waals surface area contributed by atoms with Crippen molar-refractivity contribution in [3.8, 4) is 33.8 Å². The Kier molecular flexibility index (Phi) is 5.69. The van der Waals surface area contributed by atoms with Gasteiger partial charge in [0.2, 0.25) is 0 Å². The zero-order valence-corrected chi connectivity index (χ0v) is 14.8. The number of carbonyl (C=O) groups is 1. The molecule has 1 N–H and O–H groups in total. The van der Waals surface area contributed by atoms with Gasteiger partial charge in [0.25, 0.3) is 0 Å². The number of esters is 1. The predicted octanol–water partition coefficient (Wildman–Crippen LogP) is 5.82. The van der Waals surface area contributed by atoms with Gasteiger partial charge in [0.05, 0.1) is 0 Å². The van der Waals surface area contributed by atoms with Crippen molar-refractivity contribution >= 4 is 5.97 Å². The van der Waals surface area contributed by atoms with E-state index in [0.717, 1.165) is 29.5 Å². The second-order valence-corrected chi connectivity index (χ2v) is 6.14. The Labute approximate surface area is 153 Å². The van der Waals surface area contributed by atoms with Crippen molar-refractivity contribution in [3.05, 3.63) is 72.8 Å². The van der Waals surface area contributed by atoms with Crippen LogP contribution in [0, 0.1) is 0 Å². The first-order valence-electron chi connectivity index (χ1n) is 8.88. The first-order valence-corrected chi connectivity index (χ1v) is 8.88. The lowest BCUT2D eigenvalue weighted by Gasteiger charge is -2.17. The summed E-state index contributed by atoms with van der Waals surface area (Å²) in [5, 5.41) is 10.6. The summed E-state index contributed by atoms with van der Waals surface area (Å²) in [4.78, 5) is 12.2. The molecule has 26 heavy (non-hydrogen) atoms. The van der Waals surface area contributed by atoms with Crippen LogP contribution in [0.3, 0.4) is 0 Å². The van der Waals surface area contributed by atoms with Crippen molar-refractivity contribution in [3.63, 3.8) is 0 Å². The average Bonchev–Trinajstić information content (AvgIpc) is 2.68. The van der Waals surface area contributed by atoms with Crippen LogP contribution in [-0.2, 0) is 4.79 Å². The highest BCUT2D eigenvalue weighted by Crippen LogP contribution is 2.44. The Balaban J connectivity index is 2.15. The second kappa shape index (κ2) is 8.34. The van der Waals surface area contributed by atoms with Crippen LogP contribution in [0.1, 0.15) is 26.2 Å². The normalized spacial score (nSPS) is 10.5. The summed E-state index contributed by atoms with van der Waals surface area (Å²) < 4.78 is 5.67. The minimum atomic E-state index is -0.256. The van der Waals surface area contributed by atoms with Gasteiger partial charge in [-0.2, -0.15) is 0 Å². The van der Waals surface area contributed by atoms with Crippen LogP contribution in [0.25, 0.3) is 22.3 Å². The SMILES string of the molecule is CCCCC(=O)Oc1ccc(O)c(-c2ccccc2)c1-c1ccccc1. The Morgan fingerprint density at radius 3 is 2.00 bits per heavy atom. The number of phenolic OH excluding ortho intramolecular Hbond substituents is 1. The fraction of sp³-hybridized carbons (Fsp3) is 0.174. The summed E-state index contributed by atoms with van der Waals surface area (Å²) in [7, 11) is 0. The first kappa shape index (κ1) is 17.7. The van der Waals surface area contributed by atoms with Gasteiger partial charge in [-0.1, -0.05) is 74.0 Å². The zero-order chi connectivity index (χ0) is 18.4. The molecule has 0 amide bonds. The van der Waals surface area contributed by atoms with Crippen molar-refractivity contribution in [2.45, 2.75) is 26.2 Å². The van der Waals surface area contributed by atoms with Crippen LogP contribution < -0.4 is 4.74 Å². The molecule has 0 unspecified atom stereocenters. The van der Waals surface area contributed by atoms with E-state index in [1.165, 1.54) is 0 Å². The number of ether oxygens (including phenoxy) is 1. The molecule has 0 bridgehead atoms. The maximum absolute atomic E-state index is 12.2. The van der Waals surface area contributed by atoms with Gasteiger partial charge in [-0.3, -0.25) is 4.79 Å². The van der Waals surface area contributed by atoms with Crippen molar-refractivity contribution in [2.24, 2.45) is 0 Å². The maximum Gasteiger partial charge on any atom is 0.311 e.